The fourth-order valence-corrected chi connectivity index (χ4v) is 2.84. The van der Waals surface area contributed by atoms with Gasteiger partial charge in [-0.25, -0.2) is 0 Å². The third-order valence-corrected chi connectivity index (χ3v) is 3.46. The Morgan fingerprint density at radius 2 is 2.15 bits per heavy atom. The van der Waals surface area contributed by atoms with Crippen molar-refractivity contribution in [3.05, 3.63) is 35.4 Å². The van der Waals surface area contributed by atoms with Crippen LogP contribution in [0.4, 0.5) is 0 Å². The van der Waals surface area contributed by atoms with Gasteiger partial charge in [-0.2, -0.15) is 0 Å². The van der Waals surface area contributed by atoms with Crippen LogP contribution in [0.5, 0.6) is 0 Å². The number of nitrogens with one attached hydrogen (secondary N) is 1. The number of benzene rings is 1. The summed E-state index contributed by atoms with van der Waals surface area (Å²) in [6, 6.07) is 9.58. The Kier molecular flexibility index (Phi) is 1.66. The van der Waals surface area contributed by atoms with E-state index in [1.807, 2.05) is 0 Å². The van der Waals surface area contributed by atoms with E-state index >= 15 is 0 Å². The van der Waals surface area contributed by atoms with Crippen LogP contribution in [-0.4, -0.2) is 6.54 Å². The molecule has 13 heavy (non-hydrogen) atoms. The molecular formula is C12H15N. The average molecular weight is 173 g/mol. The lowest BCUT2D eigenvalue weighted by Crippen LogP contribution is -2.31. The fraction of sp³-hybridized carbons (Fsp3) is 0.500. The minimum Gasteiger partial charge on any atom is -0.310 e. The van der Waals surface area contributed by atoms with Gasteiger partial charge < -0.3 is 5.32 Å². The first kappa shape index (κ1) is 7.57. The predicted molar refractivity (Wildman–Crippen MR) is 53.6 cm³/mol. The van der Waals surface area contributed by atoms with E-state index in [2.05, 4.69) is 29.6 Å². The molecule has 1 fully saturated rings. The quantitative estimate of drug-likeness (QED) is 0.634. The van der Waals surface area contributed by atoms with E-state index in [-0.39, 0.29) is 0 Å². The van der Waals surface area contributed by atoms with E-state index in [0.29, 0.717) is 6.04 Å². The topological polar surface area (TPSA) is 12.0 Å². The first-order valence-electron chi connectivity index (χ1n) is 5.26. The fourth-order valence-electron chi connectivity index (χ4n) is 2.84. The van der Waals surface area contributed by atoms with Gasteiger partial charge in [-0.05, 0) is 42.9 Å². The number of piperidine rings is 1. The Morgan fingerprint density at radius 1 is 1.23 bits per heavy atom. The lowest BCUT2D eigenvalue weighted by atomic mass is 9.92. The van der Waals surface area contributed by atoms with Crippen molar-refractivity contribution in [3.8, 4) is 0 Å². The lowest BCUT2D eigenvalue weighted by Gasteiger charge is -2.27. The molecule has 0 radical (unpaired) electrons. The number of hydrogen-bond acceptors (Lipinski definition) is 1. The van der Waals surface area contributed by atoms with E-state index in [9.17, 15) is 0 Å². The molecule has 0 unspecified atom stereocenters. The Balaban J connectivity index is 2.01. The van der Waals surface area contributed by atoms with Crippen LogP contribution in [0.15, 0.2) is 24.3 Å². The lowest BCUT2D eigenvalue weighted by molar-refractivity contribution is 0.307. The van der Waals surface area contributed by atoms with Crippen molar-refractivity contribution in [1.29, 1.82) is 0 Å². The molecular weight excluding hydrogens is 158 g/mol. The van der Waals surface area contributed by atoms with Crippen LogP contribution >= 0.6 is 0 Å². The van der Waals surface area contributed by atoms with Crippen LogP contribution in [0.2, 0.25) is 0 Å². The molecule has 2 aliphatic rings. The van der Waals surface area contributed by atoms with Crippen LogP contribution in [0.1, 0.15) is 30.0 Å². The summed E-state index contributed by atoms with van der Waals surface area (Å²) in [7, 11) is 0. The molecule has 1 heterocycles. The molecule has 0 bridgehead atoms. The van der Waals surface area contributed by atoms with Gasteiger partial charge in [0.25, 0.3) is 0 Å². The van der Waals surface area contributed by atoms with E-state index in [1.54, 1.807) is 11.1 Å². The van der Waals surface area contributed by atoms with Gasteiger partial charge >= 0.3 is 0 Å². The Morgan fingerprint density at radius 3 is 3.15 bits per heavy atom. The van der Waals surface area contributed by atoms with Gasteiger partial charge in [0.05, 0.1) is 0 Å². The summed E-state index contributed by atoms with van der Waals surface area (Å²) in [4.78, 5) is 0. The molecule has 1 heteroatoms. The van der Waals surface area contributed by atoms with Crippen molar-refractivity contribution in [2.45, 2.75) is 25.3 Å². The Hall–Kier alpha value is -0.820. The van der Waals surface area contributed by atoms with Crippen molar-refractivity contribution in [1.82, 2.24) is 5.32 Å². The van der Waals surface area contributed by atoms with Gasteiger partial charge in [0.2, 0.25) is 0 Å². The molecule has 1 aromatic carbocycles. The Bertz CT molecular complexity index is 319. The standard InChI is InChI=1S/C12H15N/c1-2-6-11-9(4-1)8-10-5-3-7-13-12(10)11/h1-2,4,6,10,12-13H,3,5,7-8H2/t10-,12-/m1/s1. The van der Waals surface area contributed by atoms with Gasteiger partial charge in [0, 0.05) is 6.04 Å². The van der Waals surface area contributed by atoms with E-state index in [4.69, 9.17) is 0 Å². The second-order valence-corrected chi connectivity index (χ2v) is 4.24. The van der Waals surface area contributed by atoms with E-state index in [1.165, 1.54) is 25.8 Å². The van der Waals surface area contributed by atoms with Gasteiger partial charge in [-0.1, -0.05) is 24.3 Å². The smallest absolute Gasteiger partial charge is 0.0354 e. The number of hydrogen-bond donors (Lipinski definition) is 1. The third-order valence-electron chi connectivity index (χ3n) is 3.46. The zero-order valence-corrected chi connectivity index (χ0v) is 7.79. The van der Waals surface area contributed by atoms with Crippen LogP contribution in [-0.2, 0) is 6.42 Å². The molecule has 68 valence electrons. The van der Waals surface area contributed by atoms with Gasteiger partial charge in [-0.3, -0.25) is 0 Å². The van der Waals surface area contributed by atoms with Gasteiger partial charge in [0.1, 0.15) is 0 Å². The first-order valence-corrected chi connectivity index (χ1v) is 5.26. The van der Waals surface area contributed by atoms with Crippen molar-refractivity contribution >= 4 is 0 Å². The monoisotopic (exact) mass is 173 g/mol. The molecule has 0 spiro atoms. The maximum atomic E-state index is 3.64. The molecule has 2 atom stereocenters. The van der Waals surface area contributed by atoms with Crippen molar-refractivity contribution in [2.75, 3.05) is 6.54 Å². The number of rotatable bonds is 0. The SMILES string of the molecule is c1ccc2c(c1)C[C@H]1CCCN[C@@H]21. The minimum absolute atomic E-state index is 0.671. The zero-order chi connectivity index (χ0) is 8.67. The van der Waals surface area contributed by atoms with Crippen LogP contribution in [0, 0.1) is 5.92 Å². The molecule has 1 saturated heterocycles. The molecule has 1 aliphatic heterocycles. The molecule has 1 aromatic rings. The summed E-state index contributed by atoms with van der Waals surface area (Å²) in [6.07, 6.45) is 4.06. The molecule has 0 amide bonds. The van der Waals surface area contributed by atoms with E-state index in [0.717, 1.165) is 5.92 Å². The second kappa shape index (κ2) is 2.85. The Labute approximate surface area is 79.2 Å². The highest BCUT2D eigenvalue weighted by Crippen LogP contribution is 2.40. The molecule has 0 aromatic heterocycles. The molecule has 1 aliphatic carbocycles. The van der Waals surface area contributed by atoms with Gasteiger partial charge in [0.15, 0.2) is 0 Å². The van der Waals surface area contributed by atoms with Crippen molar-refractivity contribution in [2.24, 2.45) is 5.92 Å². The van der Waals surface area contributed by atoms with Crippen LogP contribution in [0.25, 0.3) is 0 Å². The highest BCUT2D eigenvalue weighted by atomic mass is 14.9. The van der Waals surface area contributed by atoms with Gasteiger partial charge in [-0.15, -0.1) is 0 Å². The maximum Gasteiger partial charge on any atom is 0.0354 e. The zero-order valence-electron chi connectivity index (χ0n) is 7.79. The van der Waals surface area contributed by atoms with Crippen molar-refractivity contribution in [3.63, 3.8) is 0 Å². The first-order chi connectivity index (χ1) is 6.45. The highest BCUT2D eigenvalue weighted by Gasteiger charge is 2.33. The largest absolute Gasteiger partial charge is 0.310 e. The molecule has 3 rings (SSSR count). The third kappa shape index (κ3) is 1.11. The van der Waals surface area contributed by atoms with Crippen LogP contribution < -0.4 is 5.32 Å². The molecule has 1 N–H and O–H groups in total. The highest BCUT2D eigenvalue weighted by molar-refractivity contribution is 5.36. The normalized spacial score (nSPS) is 31.1. The minimum atomic E-state index is 0.671. The van der Waals surface area contributed by atoms with Crippen LogP contribution in [0.3, 0.4) is 0 Å². The van der Waals surface area contributed by atoms with Crippen molar-refractivity contribution < 1.29 is 0 Å². The van der Waals surface area contributed by atoms with E-state index < -0.39 is 0 Å². The molecule has 1 nitrogen and oxygen atoms in total. The number of fused-ring (bicyclic) bond motifs is 3. The predicted octanol–water partition coefficient (Wildman–Crippen LogP) is 2.28. The summed E-state index contributed by atoms with van der Waals surface area (Å²) >= 11 is 0. The summed E-state index contributed by atoms with van der Waals surface area (Å²) < 4.78 is 0. The summed E-state index contributed by atoms with van der Waals surface area (Å²) in [5, 5.41) is 3.64. The average Bonchev–Trinajstić information content (AvgIpc) is 2.56. The summed E-state index contributed by atoms with van der Waals surface area (Å²) in [6.45, 7) is 1.20. The maximum absolute atomic E-state index is 3.64. The summed E-state index contributed by atoms with van der Waals surface area (Å²) in [5.41, 5.74) is 3.14. The summed E-state index contributed by atoms with van der Waals surface area (Å²) in [5.74, 6) is 0.881. The second-order valence-electron chi connectivity index (χ2n) is 4.24. The molecule has 0 saturated carbocycles.